The molecule has 4 nitrogen and oxygen atoms in total. The van der Waals surface area contributed by atoms with Gasteiger partial charge in [0.25, 0.3) is 5.91 Å². The molecule has 0 N–H and O–H groups in total. The van der Waals surface area contributed by atoms with Crippen molar-refractivity contribution in [1.82, 2.24) is 9.99 Å². The van der Waals surface area contributed by atoms with Gasteiger partial charge in [-0.3, -0.25) is 9.78 Å². The van der Waals surface area contributed by atoms with Crippen LogP contribution in [0.4, 0.5) is 4.39 Å². The molecule has 124 valence electrons. The van der Waals surface area contributed by atoms with Crippen molar-refractivity contribution in [1.29, 1.82) is 0 Å². The van der Waals surface area contributed by atoms with Crippen LogP contribution in [0.1, 0.15) is 33.3 Å². The number of rotatable bonds is 3. The number of halogens is 1. The van der Waals surface area contributed by atoms with Crippen LogP contribution in [0.15, 0.2) is 71.4 Å². The molecule has 6 heteroatoms. The van der Waals surface area contributed by atoms with E-state index < -0.39 is 0 Å². The topological polar surface area (TPSA) is 45.6 Å². The summed E-state index contributed by atoms with van der Waals surface area (Å²) >= 11 is 1.59. The molecule has 1 amide bonds. The minimum absolute atomic E-state index is 0.214. The SMILES string of the molecule is O=C(c1cccnc1)N1N=C(c2cccs2)C[C@@H]1c1ccc(F)cc1. The van der Waals surface area contributed by atoms with Crippen LogP contribution in [0.3, 0.4) is 0 Å². The molecule has 0 radical (unpaired) electrons. The number of hydrogen-bond acceptors (Lipinski definition) is 4. The van der Waals surface area contributed by atoms with Crippen molar-refractivity contribution >= 4 is 23.0 Å². The average Bonchev–Trinajstić information content (AvgIpc) is 3.32. The maximum Gasteiger partial charge on any atom is 0.276 e. The third-order valence-electron chi connectivity index (χ3n) is 4.09. The van der Waals surface area contributed by atoms with E-state index in [-0.39, 0.29) is 17.8 Å². The van der Waals surface area contributed by atoms with Crippen molar-refractivity contribution in [3.63, 3.8) is 0 Å². The highest BCUT2D eigenvalue weighted by atomic mass is 32.1. The second-order valence-electron chi connectivity index (χ2n) is 5.69. The minimum atomic E-state index is -0.300. The van der Waals surface area contributed by atoms with Crippen molar-refractivity contribution in [2.24, 2.45) is 5.10 Å². The molecule has 1 aromatic carbocycles. The van der Waals surface area contributed by atoms with E-state index in [1.54, 1.807) is 41.8 Å². The Bertz CT molecular complexity index is 908. The third-order valence-corrected chi connectivity index (χ3v) is 5.01. The predicted molar refractivity (Wildman–Crippen MR) is 95.0 cm³/mol. The first kappa shape index (κ1) is 15.7. The van der Waals surface area contributed by atoms with E-state index in [1.807, 2.05) is 17.5 Å². The summed E-state index contributed by atoms with van der Waals surface area (Å²) in [7, 11) is 0. The Morgan fingerprint density at radius 2 is 2.00 bits per heavy atom. The van der Waals surface area contributed by atoms with E-state index in [2.05, 4.69) is 10.1 Å². The lowest BCUT2D eigenvalue weighted by Gasteiger charge is -2.22. The molecule has 0 bridgehead atoms. The largest absolute Gasteiger partial charge is 0.276 e. The molecule has 0 fully saturated rings. The van der Waals surface area contributed by atoms with Crippen molar-refractivity contribution in [2.45, 2.75) is 12.5 Å². The van der Waals surface area contributed by atoms with Gasteiger partial charge in [-0.15, -0.1) is 11.3 Å². The number of amides is 1. The highest BCUT2D eigenvalue weighted by Crippen LogP contribution is 2.34. The fraction of sp³-hybridized carbons (Fsp3) is 0.105. The number of hydrogen-bond donors (Lipinski definition) is 0. The Hall–Kier alpha value is -2.86. The van der Waals surface area contributed by atoms with E-state index >= 15 is 0 Å². The molecule has 2 aromatic heterocycles. The molecule has 4 rings (SSSR count). The van der Waals surface area contributed by atoms with Gasteiger partial charge >= 0.3 is 0 Å². The second-order valence-corrected chi connectivity index (χ2v) is 6.63. The normalized spacial score (nSPS) is 16.8. The van der Waals surface area contributed by atoms with Gasteiger partial charge in [0, 0.05) is 18.8 Å². The second kappa shape index (κ2) is 6.57. The molecule has 0 spiro atoms. The van der Waals surface area contributed by atoms with Crippen LogP contribution >= 0.6 is 11.3 Å². The highest BCUT2D eigenvalue weighted by Gasteiger charge is 2.34. The van der Waals surface area contributed by atoms with Gasteiger partial charge in [-0.05, 0) is 41.3 Å². The number of aromatic nitrogens is 1. The van der Waals surface area contributed by atoms with Crippen LogP contribution in [0.5, 0.6) is 0 Å². The Morgan fingerprint density at radius 3 is 2.68 bits per heavy atom. The zero-order valence-corrected chi connectivity index (χ0v) is 14.0. The van der Waals surface area contributed by atoms with Crippen molar-refractivity contribution in [3.8, 4) is 0 Å². The summed E-state index contributed by atoms with van der Waals surface area (Å²) in [6.45, 7) is 0. The summed E-state index contributed by atoms with van der Waals surface area (Å²) < 4.78 is 13.3. The third kappa shape index (κ3) is 3.08. The van der Waals surface area contributed by atoms with Gasteiger partial charge in [-0.1, -0.05) is 18.2 Å². The molecular weight excluding hydrogens is 337 g/mol. The monoisotopic (exact) mass is 351 g/mol. The van der Waals surface area contributed by atoms with Crippen molar-refractivity contribution < 1.29 is 9.18 Å². The predicted octanol–water partition coefficient (Wildman–Crippen LogP) is 4.27. The average molecular weight is 351 g/mol. The summed E-state index contributed by atoms with van der Waals surface area (Å²) in [6.07, 6.45) is 3.75. The summed E-state index contributed by atoms with van der Waals surface area (Å²) in [4.78, 5) is 18.0. The van der Waals surface area contributed by atoms with Gasteiger partial charge in [0.2, 0.25) is 0 Å². The fourth-order valence-electron chi connectivity index (χ4n) is 2.86. The Balaban J connectivity index is 1.72. The summed E-state index contributed by atoms with van der Waals surface area (Å²) in [5.41, 5.74) is 2.20. The van der Waals surface area contributed by atoms with E-state index in [1.165, 1.54) is 23.3 Å². The molecule has 1 atom stereocenters. The minimum Gasteiger partial charge on any atom is -0.267 e. The molecule has 0 unspecified atom stereocenters. The van der Waals surface area contributed by atoms with Crippen LogP contribution in [-0.2, 0) is 0 Å². The van der Waals surface area contributed by atoms with Gasteiger partial charge in [0.05, 0.1) is 22.2 Å². The van der Waals surface area contributed by atoms with E-state index in [4.69, 9.17) is 0 Å². The number of benzene rings is 1. The molecule has 25 heavy (non-hydrogen) atoms. The van der Waals surface area contributed by atoms with Crippen molar-refractivity contribution in [2.75, 3.05) is 0 Å². The lowest BCUT2D eigenvalue weighted by Crippen LogP contribution is -2.27. The lowest BCUT2D eigenvalue weighted by atomic mass is 10.0. The lowest BCUT2D eigenvalue weighted by molar-refractivity contribution is 0.0710. The number of hydrazone groups is 1. The van der Waals surface area contributed by atoms with Crippen molar-refractivity contribution in [3.05, 3.63) is 88.1 Å². The first-order valence-electron chi connectivity index (χ1n) is 7.83. The quantitative estimate of drug-likeness (QED) is 0.707. The van der Waals surface area contributed by atoms with Gasteiger partial charge in [0.1, 0.15) is 5.82 Å². The smallest absolute Gasteiger partial charge is 0.267 e. The van der Waals surface area contributed by atoms with Crippen LogP contribution in [0, 0.1) is 5.82 Å². The zero-order valence-electron chi connectivity index (χ0n) is 13.2. The molecule has 0 saturated heterocycles. The fourth-order valence-corrected chi connectivity index (χ4v) is 3.58. The maximum atomic E-state index is 13.3. The highest BCUT2D eigenvalue weighted by molar-refractivity contribution is 7.12. The number of thiophene rings is 1. The van der Waals surface area contributed by atoms with Gasteiger partial charge in [-0.25, -0.2) is 9.40 Å². The van der Waals surface area contributed by atoms with Crippen LogP contribution in [0.2, 0.25) is 0 Å². The van der Waals surface area contributed by atoms with Crippen LogP contribution in [-0.4, -0.2) is 21.6 Å². The Kier molecular flexibility index (Phi) is 4.11. The number of carbonyl (C=O) groups is 1. The summed E-state index contributed by atoms with van der Waals surface area (Å²) in [5.74, 6) is -0.514. The van der Waals surface area contributed by atoms with E-state index in [0.717, 1.165) is 16.2 Å². The Labute approximate surface area is 148 Å². The standard InChI is InChI=1S/C19H14FN3OS/c20-15-7-5-13(6-8-15)17-11-16(18-4-2-10-25-18)22-23(17)19(24)14-3-1-9-21-12-14/h1-10,12,17H,11H2/t17-/m1/s1. The molecule has 1 aliphatic heterocycles. The molecule has 0 aliphatic carbocycles. The first-order valence-corrected chi connectivity index (χ1v) is 8.71. The zero-order chi connectivity index (χ0) is 17.2. The summed E-state index contributed by atoms with van der Waals surface area (Å²) in [5, 5.41) is 8.04. The Morgan fingerprint density at radius 1 is 1.16 bits per heavy atom. The molecule has 1 aliphatic rings. The maximum absolute atomic E-state index is 13.3. The van der Waals surface area contributed by atoms with E-state index in [0.29, 0.717) is 12.0 Å². The molecule has 0 saturated carbocycles. The first-order chi connectivity index (χ1) is 12.2. The van der Waals surface area contributed by atoms with Gasteiger partial charge in [0.15, 0.2) is 0 Å². The number of carbonyl (C=O) groups excluding carboxylic acids is 1. The van der Waals surface area contributed by atoms with E-state index in [9.17, 15) is 9.18 Å². The van der Waals surface area contributed by atoms with Crippen LogP contribution in [0.25, 0.3) is 0 Å². The van der Waals surface area contributed by atoms with Crippen LogP contribution < -0.4 is 0 Å². The van der Waals surface area contributed by atoms with Gasteiger partial charge < -0.3 is 0 Å². The molecule has 3 aromatic rings. The number of pyridine rings is 1. The summed E-state index contributed by atoms with van der Waals surface area (Å²) in [6, 6.07) is 13.4. The number of nitrogens with zero attached hydrogens (tertiary/aromatic N) is 3. The molecule has 3 heterocycles. The van der Waals surface area contributed by atoms with Gasteiger partial charge in [-0.2, -0.15) is 5.10 Å². The molecular formula is C19H14FN3OS.